The molecule has 0 saturated carbocycles. The van der Waals surface area contributed by atoms with E-state index in [-0.39, 0.29) is 17.6 Å². The molecule has 132 valence electrons. The Labute approximate surface area is 148 Å². The Kier molecular flexibility index (Phi) is 5.50. The highest BCUT2D eigenvalue weighted by Crippen LogP contribution is 2.20. The third-order valence-corrected chi connectivity index (χ3v) is 5.62. The second-order valence-electron chi connectivity index (χ2n) is 6.42. The summed E-state index contributed by atoms with van der Waals surface area (Å²) in [6, 6.07) is 18.9. The quantitative estimate of drug-likeness (QED) is 0.825. The number of amides is 1. The zero-order chi connectivity index (χ0) is 17.7. The van der Waals surface area contributed by atoms with Gasteiger partial charge in [-0.05, 0) is 17.0 Å². The fourth-order valence-corrected chi connectivity index (χ4v) is 4.26. The van der Waals surface area contributed by atoms with Crippen molar-refractivity contribution in [3.05, 3.63) is 71.8 Å². The Balaban J connectivity index is 1.51. The van der Waals surface area contributed by atoms with Crippen LogP contribution in [0.5, 0.6) is 0 Å². The lowest BCUT2D eigenvalue weighted by atomic mass is 10.1. The summed E-state index contributed by atoms with van der Waals surface area (Å²) in [5.41, 5.74) is 1.84. The van der Waals surface area contributed by atoms with Gasteiger partial charge in [0.2, 0.25) is 15.9 Å². The summed E-state index contributed by atoms with van der Waals surface area (Å²) in [7, 11) is -3.40. The fourth-order valence-electron chi connectivity index (χ4n) is 3.04. The van der Waals surface area contributed by atoms with Gasteiger partial charge in [-0.2, -0.15) is 0 Å². The van der Waals surface area contributed by atoms with Crippen molar-refractivity contribution in [2.45, 2.75) is 18.7 Å². The molecule has 0 spiro atoms. The van der Waals surface area contributed by atoms with Crippen LogP contribution < -0.4 is 4.72 Å². The number of nitrogens with zero attached hydrogens (tertiary/aromatic N) is 1. The Bertz CT molecular complexity index is 807. The van der Waals surface area contributed by atoms with Crippen LogP contribution >= 0.6 is 0 Å². The molecule has 1 N–H and O–H groups in total. The lowest BCUT2D eigenvalue weighted by molar-refractivity contribution is -0.128. The third-order valence-electron chi connectivity index (χ3n) is 4.30. The van der Waals surface area contributed by atoms with Crippen molar-refractivity contribution in [1.29, 1.82) is 0 Å². The molecule has 1 aliphatic rings. The molecular weight excluding hydrogens is 336 g/mol. The van der Waals surface area contributed by atoms with Gasteiger partial charge in [-0.1, -0.05) is 60.7 Å². The van der Waals surface area contributed by atoms with Crippen LogP contribution in [0.4, 0.5) is 0 Å². The van der Waals surface area contributed by atoms with Gasteiger partial charge < -0.3 is 4.90 Å². The molecule has 2 aromatic rings. The minimum Gasteiger partial charge on any atom is -0.338 e. The molecule has 2 aromatic carbocycles. The van der Waals surface area contributed by atoms with E-state index in [1.54, 1.807) is 17.0 Å². The summed E-state index contributed by atoms with van der Waals surface area (Å²) >= 11 is 0. The average molecular weight is 358 g/mol. The van der Waals surface area contributed by atoms with Crippen LogP contribution in [0.2, 0.25) is 0 Å². The molecule has 1 amide bonds. The number of hydrogen-bond donors (Lipinski definition) is 1. The first kappa shape index (κ1) is 17.6. The number of likely N-dealkylation sites (tertiary alicyclic amines) is 1. The van der Waals surface area contributed by atoms with E-state index in [2.05, 4.69) is 4.72 Å². The predicted octanol–water partition coefficient (Wildman–Crippen LogP) is 2.15. The molecule has 1 fully saturated rings. The van der Waals surface area contributed by atoms with Crippen molar-refractivity contribution in [2.75, 3.05) is 13.1 Å². The summed E-state index contributed by atoms with van der Waals surface area (Å²) < 4.78 is 27.0. The summed E-state index contributed by atoms with van der Waals surface area (Å²) in [4.78, 5) is 14.0. The topological polar surface area (TPSA) is 66.5 Å². The highest BCUT2D eigenvalue weighted by Gasteiger charge is 2.30. The van der Waals surface area contributed by atoms with E-state index in [9.17, 15) is 13.2 Å². The van der Waals surface area contributed by atoms with E-state index in [1.165, 1.54) is 0 Å². The van der Waals surface area contributed by atoms with Crippen LogP contribution in [-0.2, 0) is 27.1 Å². The third kappa shape index (κ3) is 5.14. The molecule has 0 radical (unpaired) electrons. The molecule has 5 nitrogen and oxygen atoms in total. The first-order chi connectivity index (χ1) is 12.0. The Morgan fingerprint density at radius 3 is 2.20 bits per heavy atom. The number of carbonyl (C=O) groups is 1. The lowest BCUT2D eigenvalue weighted by Crippen LogP contribution is -2.32. The van der Waals surface area contributed by atoms with Gasteiger partial charge in [0.05, 0.1) is 5.75 Å². The molecule has 1 aliphatic heterocycles. The molecule has 1 heterocycles. The highest BCUT2D eigenvalue weighted by atomic mass is 32.2. The van der Waals surface area contributed by atoms with Gasteiger partial charge in [0.1, 0.15) is 0 Å². The van der Waals surface area contributed by atoms with Crippen LogP contribution in [0.15, 0.2) is 60.7 Å². The van der Waals surface area contributed by atoms with Crippen molar-refractivity contribution >= 4 is 15.9 Å². The zero-order valence-electron chi connectivity index (χ0n) is 14.0. The van der Waals surface area contributed by atoms with Crippen molar-refractivity contribution in [2.24, 2.45) is 5.92 Å². The van der Waals surface area contributed by atoms with Crippen molar-refractivity contribution in [1.82, 2.24) is 9.62 Å². The Hall–Kier alpha value is -2.18. The normalized spacial score (nSPS) is 17.8. The van der Waals surface area contributed by atoms with Crippen LogP contribution in [-0.4, -0.2) is 32.3 Å². The first-order valence-electron chi connectivity index (χ1n) is 8.35. The van der Waals surface area contributed by atoms with Crippen LogP contribution in [0.3, 0.4) is 0 Å². The maximum absolute atomic E-state index is 12.2. The van der Waals surface area contributed by atoms with Gasteiger partial charge in [-0.15, -0.1) is 0 Å². The molecule has 3 rings (SSSR count). The predicted molar refractivity (Wildman–Crippen MR) is 97.0 cm³/mol. The summed E-state index contributed by atoms with van der Waals surface area (Å²) in [5, 5.41) is 0. The van der Waals surface area contributed by atoms with E-state index >= 15 is 0 Å². The smallest absolute Gasteiger partial charge is 0.223 e. The molecule has 6 heteroatoms. The monoisotopic (exact) mass is 358 g/mol. The number of nitrogens with one attached hydrogen (secondary N) is 1. The molecule has 25 heavy (non-hydrogen) atoms. The van der Waals surface area contributed by atoms with Crippen LogP contribution in [0.1, 0.15) is 17.5 Å². The minimum atomic E-state index is -3.40. The van der Waals surface area contributed by atoms with Crippen LogP contribution in [0, 0.1) is 5.92 Å². The zero-order valence-corrected chi connectivity index (χ0v) is 14.8. The minimum absolute atomic E-state index is 0.0155. The maximum Gasteiger partial charge on any atom is 0.223 e. The van der Waals surface area contributed by atoms with E-state index in [4.69, 9.17) is 0 Å². The van der Waals surface area contributed by atoms with E-state index < -0.39 is 10.0 Å². The Morgan fingerprint density at radius 2 is 1.56 bits per heavy atom. The average Bonchev–Trinajstić information content (AvgIpc) is 2.95. The van der Waals surface area contributed by atoms with E-state index in [0.717, 1.165) is 11.1 Å². The number of benzene rings is 2. The molecule has 0 bridgehead atoms. The Morgan fingerprint density at radius 1 is 0.960 bits per heavy atom. The second kappa shape index (κ2) is 7.80. The van der Waals surface area contributed by atoms with Gasteiger partial charge in [-0.3, -0.25) is 4.79 Å². The van der Waals surface area contributed by atoms with Gasteiger partial charge >= 0.3 is 0 Å². The second-order valence-corrected chi connectivity index (χ2v) is 8.23. The summed E-state index contributed by atoms with van der Waals surface area (Å²) in [6.45, 7) is 1.46. The van der Waals surface area contributed by atoms with Gasteiger partial charge in [0, 0.05) is 26.1 Å². The molecule has 1 saturated heterocycles. The number of carbonyl (C=O) groups excluding carboxylic acids is 1. The molecule has 1 atom stereocenters. The van der Waals surface area contributed by atoms with E-state index in [1.807, 2.05) is 48.5 Å². The number of sulfonamides is 1. The first-order valence-corrected chi connectivity index (χ1v) is 10.00. The van der Waals surface area contributed by atoms with Crippen LogP contribution in [0.25, 0.3) is 0 Å². The molecule has 0 aliphatic carbocycles. The number of rotatable bonds is 7. The molecular formula is C19H22N2O3S. The number of hydrogen-bond acceptors (Lipinski definition) is 3. The fraction of sp³-hybridized carbons (Fsp3) is 0.316. The molecule has 0 aromatic heterocycles. The van der Waals surface area contributed by atoms with Crippen molar-refractivity contribution in [3.63, 3.8) is 0 Å². The maximum atomic E-state index is 12.2. The van der Waals surface area contributed by atoms with E-state index in [0.29, 0.717) is 26.1 Å². The van der Waals surface area contributed by atoms with Gasteiger partial charge in [0.15, 0.2) is 0 Å². The standard InChI is InChI=1S/C19H22N2O3S/c22-19-11-18(14-21(19)13-16-7-3-1-4-8-16)12-20-25(23,24)15-17-9-5-2-6-10-17/h1-10,18,20H,11-15H2. The van der Waals surface area contributed by atoms with Crippen molar-refractivity contribution in [3.8, 4) is 0 Å². The van der Waals surface area contributed by atoms with Gasteiger partial charge in [0.25, 0.3) is 0 Å². The largest absolute Gasteiger partial charge is 0.338 e. The summed E-state index contributed by atoms with van der Waals surface area (Å²) in [5.74, 6) is 0.0558. The summed E-state index contributed by atoms with van der Waals surface area (Å²) in [6.07, 6.45) is 0.390. The van der Waals surface area contributed by atoms with Gasteiger partial charge in [-0.25, -0.2) is 13.1 Å². The molecule has 1 unspecified atom stereocenters. The SMILES string of the molecule is O=C1CC(CNS(=O)(=O)Cc2ccccc2)CN1Cc1ccccc1. The lowest BCUT2D eigenvalue weighted by Gasteiger charge is -2.17. The van der Waals surface area contributed by atoms with Crippen molar-refractivity contribution < 1.29 is 13.2 Å². The highest BCUT2D eigenvalue weighted by molar-refractivity contribution is 7.88.